The van der Waals surface area contributed by atoms with Gasteiger partial charge in [0.1, 0.15) is 0 Å². The minimum absolute atomic E-state index is 0.0674. The first-order valence-electron chi connectivity index (χ1n) is 9.24. The van der Waals surface area contributed by atoms with E-state index in [1.165, 1.54) is 11.3 Å². The van der Waals surface area contributed by atoms with Crippen LogP contribution in [0.3, 0.4) is 0 Å². The molecule has 0 unspecified atom stereocenters. The molecule has 2 N–H and O–H groups in total. The number of rotatable bonds is 5. The lowest BCUT2D eigenvalue weighted by molar-refractivity contribution is -0.121. The van der Waals surface area contributed by atoms with E-state index in [-0.39, 0.29) is 23.8 Å². The molecule has 148 valence electrons. The van der Waals surface area contributed by atoms with Gasteiger partial charge in [0.2, 0.25) is 5.91 Å². The number of nitrogens with zero attached hydrogens (tertiary/aromatic N) is 1. The van der Waals surface area contributed by atoms with Crippen molar-refractivity contribution >= 4 is 39.9 Å². The highest BCUT2D eigenvalue weighted by Gasteiger charge is 2.27. The highest BCUT2D eigenvalue weighted by atomic mass is 32.1. The number of carbonyl (C=O) groups is 3. The summed E-state index contributed by atoms with van der Waals surface area (Å²) < 4.78 is 4.94. The van der Waals surface area contributed by atoms with Crippen LogP contribution in [0.2, 0.25) is 0 Å². The standard InChI is InChI=1S/C20H23N3O4S/c1-2-27-19(25)15-5-7-16(8-6-15)21-18(24)14-9-11-23(12-10-14)20(26)22-17-4-3-13-28-17/h3-8,13-14H,2,9-12H2,1H3,(H,21,24)(H,22,26). The number of thiophene rings is 1. The Morgan fingerprint density at radius 2 is 1.82 bits per heavy atom. The van der Waals surface area contributed by atoms with Crippen molar-refractivity contribution in [1.82, 2.24) is 4.90 Å². The van der Waals surface area contributed by atoms with Gasteiger partial charge in [-0.2, -0.15) is 0 Å². The number of piperidine rings is 1. The molecule has 0 spiro atoms. The molecule has 2 aromatic rings. The van der Waals surface area contributed by atoms with Crippen molar-refractivity contribution in [3.05, 3.63) is 47.3 Å². The summed E-state index contributed by atoms with van der Waals surface area (Å²) in [6.07, 6.45) is 1.23. The Labute approximate surface area is 167 Å². The highest BCUT2D eigenvalue weighted by molar-refractivity contribution is 7.14. The van der Waals surface area contributed by atoms with Gasteiger partial charge in [0.05, 0.1) is 17.2 Å². The third kappa shape index (κ3) is 5.10. The molecule has 8 heteroatoms. The summed E-state index contributed by atoms with van der Waals surface area (Å²) in [5.41, 5.74) is 1.08. The second-order valence-electron chi connectivity index (χ2n) is 6.46. The average molecular weight is 401 g/mol. The number of urea groups is 1. The van der Waals surface area contributed by atoms with Gasteiger partial charge in [-0.3, -0.25) is 10.1 Å². The first-order chi connectivity index (χ1) is 13.6. The maximum atomic E-state index is 12.5. The van der Waals surface area contributed by atoms with Gasteiger partial charge in [-0.1, -0.05) is 0 Å². The van der Waals surface area contributed by atoms with E-state index in [0.29, 0.717) is 43.8 Å². The molecule has 1 aromatic carbocycles. The Bertz CT molecular complexity index is 812. The minimum Gasteiger partial charge on any atom is -0.462 e. The first kappa shape index (κ1) is 19.9. The molecule has 0 bridgehead atoms. The van der Waals surface area contributed by atoms with Crippen molar-refractivity contribution in [1.29, 1.82) is 0 Å². The Kier molecular flexibility index (Phi) is 6.65. The SMILES string of the molecule is CCOC(=O)c1ccc(NC(=O)C2CCN(C(=O)Nc3cccs3)CC2)cc1. The summed E-state index contributed by atoms with van der Waals surface area (Å²) in [5, 5.41) is 8.47. The van der Waals surface area contributed by atoms with Gasteiger partial charge in [-0.25, -0.2) is 9.59 Å². The number of carbonyl (C=O) groups excluding carboxylic acids is 3. The van der Waals surface area contributed by atoms with Gasteiger partial charge in [0, 0.05) is 24.7 Å². The van der Waals surface area contributed by atoms with Crippen LogP contribution in [-0.4, -0.2) is 42.5 Å². The summed E-state index contributed by atoms with van der Waals surface area (Å²) in [6.45, 7) is 3.15. The van der Waals surface area contributed by atoms with E-state index in [9.17, 15) is 14.4 Å². The average Bonchev–Trinajstić information content (AvgIpc) is 3.22. The summed E-state index contributed by atoms with van der Waals surface area (Å²) in [6, 6.07) is 10.3. The van der Waals surface area contributed by atoms with E-state index in [1.807, 2.05) is 17.5 Å². The van der Waals surface area contributed by atoms with Crippen LogP contribution < -0.4 is 10.6 Å². The lowest BCUT2D eigenvalue weighted by Gasteiger charge is -2.31. The molecular formula is C20H23N3O4S. The number of hydrogen-bond acceptors (Lipinski definition) is 5. The number of ether oxygens (including phenoxy) is 1. The van der Waals surface area contributed by atoms with E-state index in [0.717, 1.165) is 5.00 Å². The Morgan fingerprint density at radius 3 is 2.43 bits per heavy atom. The van der Waals surface area contributed by atoms with E-state index in [4.69, 9.17) is 4.74 Å². The lowest BCUT2D eigenvalue weighted by atomic mass is 9.96. The summed E-state index contributed by atoms with van der Waals surface area (Å²) in [4.78, 5) is 38.1. The van der Waals surface area contributed by atoms with Crippen LogP contribution in [0.15, 0.2) is 41.8 Å². The van der Waals surface area contributed by atoms with Gasteiger partial charge >= 0.3 is 12.0 Å². The van der Waals surface area contributed by atoms with Gasteiger partial charge < -0.3 is 15.0 Å². The molecule has 1 aliphatic heterocycles. The van der Waals surface area contributed by atoms with Crippen LogP contribution in [0.5, 0.6) is 0 Å². The second-order valence-corrected chi connectivity index (χ2v) is 7.40. The van der Waals surface area contributed by atoms with Crippen LogP contribution >= 0.6 is 11.3 Å². The minimum atomic E-state index is -0.381. The largest absolute Gasteiger partial charge is 0.462 e. The molecule has 1 fully saturated rings. The van der Waals surface area contributed by atoms with Crippen LogP contribution in [0, 0.1) is 5.92 Å². The topological polar surface area (TPSA) is 87.7 Å². The third-order valence-corrected chi connectivity index (χ3v) is 5.35. The number of nitrogens with one attached hydrogen (secondary N) is 2. The third-order valence-electron chi connectivity index (χ3n) is 4.57. The number of hydrogen-bond donors (Lipinski definition) is 2. The smallest absolute Gasteiger partial charge is 0.338 e. The van der Waals surface area contributed by atoms with Gasteiger partial charge in [0.25, 0.3) is 0 Å². The molecule has 3 rings (SSSR count). The molecule has 7 nitrogen and oxygen atoms in total. The predicted octanol–water partition coefficient (Wildman–Crippen LogP) is 3.81. The number of amides is 3. The maximum Gasteiger partial charge on any atom is 0.338 e. The fourth-order valence-corrected chi connectivity index (χ4v) is 3.63. The first-order valence-corrected chi connectivity index (χ1v) is 10.1. The number of anilines is 2. The van der Waals surface area contributed by atoms with Crippen molar-refractivity contribution in [2.24, 2.45) is 5.92 Å². The number of benzene rings is 1. The molecule has 0 aliphatic carbocycles. The van der Waals surface area contributed by atoms with E-state index in [1.54, 1.807) is 36.1 Å². The zero-order chi connectivity index (χ0) is 19.9. The lowest BCUT2D eigenvalue weighted by Crippen LogP contribution is -2.43. The fourth-order valence-electron chi connectivity index (χ4n) is 3.03. The van der Waals surface area contributed by atoms with Crippen molar-refractivity contribution in [2.75, 3.05) is 30.3 Å². The zero-order valence-corrected chi connectivity index (χ0v) is 16.5. The van der Waals surface area contributed by atoms with Gasteiger partial charge in [0.15, 0.2) is 0 Å². The van der Waals surface area contributed by atoms with Crippen molar-refractivity contribution in [2.45, 2.75) is 19.8 Å². The predicted molar refractivity (Wildman–Crippen MR) is 109 cm³/mol. The molecule has 3 amide bonds. The molecular weight excluding hydrogens is 378 g/mol. The molecule has 28 heavy (non-hydrogen) atoms. The highest BCUT2D eigenvalue weighted by Crippen LogP contribution is 2.22. The normalized spacial score (nSPS) is 14.4. The maximum absolute atomic E-state index is 12.5. The molecule has 1 saturated heterocycles. The zero-order valence-electron chi connectivity index (χ0n) is 15.6. The summed E-state index contributed by atoms with van der Waals surface area (Å²) in [7, 11) is 0. The number of esters is 1. The Hall–Kier alpha value is -2.87. The monoisotopic (exact) mass is 401 g/mol. The van der Waals surface area contributed by atoms with E-state index >= 15 is 0 Å². The Morgan fingerprint density at radius 1 is 1.11 bits per heavy atom. The molecule has 2 heterocycles. The summed E-state index contributed by atoms with van der Waals surface area (Å²) >= 11 is 1.48. The van der Waals surface area contributed by atoms with E-state index < -0.39 is 0 Å². The van der Waals surface area contributed by atoms with E-state index in [2.05, 4.69) is 10.6 Å². The van der Waals surface area contributed by atoms with Crippen molar-refractivity contribution in [3.63, 3.8) is 0 Å². The van der Waals surface area contributed by atoms with Gasteiger partial charge in [-0.15, -0.1) is 11.3 Å². The molecule has 0 saturated carbocycles. The second kappa shape index (κ2) is 9.36. The van der Waals surface area contributed by atoms with Crippen molar-refractivity contribution < 1.29 is 19.1 Å². The molecule has 0 radical (unpaired) electrons. The molecule has 0 atom stereocenters. The quantitative estimate of drug-likeness (QED) is 0.746. The van der Waals surface area contributed by atoms with Crippen LogP contribution in [-0.2, 0) is 9.53 Å². The van der Waals surface area contributed by atoms with Crippen molar-refractivity contribution in [3.8, 4) is 0 Å². The Balaban J connectivity index is 1.47. The fraction of sp³-hybridized carbons (Fsp3) is 0.350. The molecule has 1 aromatic heterocycles. The van der Waals surface area contributed by atoms with Gasteiger partial charge in [-0.05, 0) is 61.5 Å². The van der Waals surface area contributed by atoms with Crippen LogP contribution in [0.25, 0.3) is 0 Å². The summed E-state index contributed by atoms with van der Waals surface area (Å²) in [5.74, 6) is -0.591. The number of likely N-dealkylation sites (tertiary alicyclic amines) is 1. The molecule has 1 aliphatic rings. The van der Waals surface area contributed by atoms with Crippen LogP contribution in [0.4, 0.5) is 15.5 Å². The van der Waals surface area contributed by atoms with Crippen LogP contribution in [0.1, 0.15) is 30.1 Å².